The van der Waals surface area contributed by atoms with E-state index >= 15 is 0 Å². The Bertz CT molecular complexity index is 1010. The summed E-state index contributed by atoms with van der Waals surface area (Å²) in [7, 11) is -0.508. The number of halogens is 1. The van der Waals surface area contributed by atoms with E-state index in [0.717, 1.165) is 22.4 Å². The number of carbonyl (C=O) groups is 1. The molecule has 0 aromatic heterocycles. The van der Waals surface area contributed by atoms with E-state index in [1.54, 1.807) is 29.2 Å². The van der Waals surface area contributed by atoms with Crippen molar-refractivity contribution in [1.82, 2.24) is 4.31 Å². The van der Waals surface area contributed by atoms with Crippen molar-refractivity contribution >= 4 is 33.2 Å². The number of amides is 1. The predicted octanol–water partition coefficient (Wildman–Crippen LogP) is 3.18. The predicted molar refractivity (Wildman–Crippen MR) is 110 cm³/mol. The smallest absolute Gasteiger partial charge is 0.264 e. The molecule has 0 bridgehead atoms. The number of sulfonamides is 1. The standard InChI is InChI=1S/C20H23ClN2O4S/c1-13-9-16(10-14(2)20(13)21)27-12-19(24)23-8-7-15-11-17(5-6-18(15)23)28(25,26)22(3)4/h5-6,9-11H,7-8,12H2,1-4H3. The van der Waals surface area contributed by atoms with Gasteiger partial charge in [0.2, 0.25) is 10.0 Å². The molecule has 0 atom stereocenters. The minimum atomic E-state index is -3.50. The number of nitrogens with zero attached hydrogens (tertiary/aromatic N) is 2. The number of fused-ring (bicyclic) bond motifs is 1. The quantitative estimate of drug-likeness (QED) is 0.742. The first kappa shape index (κ1) is 20.6. The third kappa shape index (κ3) is 3.87. The summed E-state index contributed by atoms with van der Waals surface area (Å²) in [4.78, 5) is 14.5. The Kier molecular flexibility index (Phi) is 5.70. The molecule has 0 spiro atoms. The van der Waals surface area contributed by atoms with Crippen molar-refractivity contribution in [2.24, 2.45) is 0 Å². The monoisotopic (exact) mass is 422 g/mol. The molecule has 0 radical (unpaired) electrons. The molecule has 8 heteroatoms. The van der Waals surface area contributed by atoms with Crippen LogP contribution in [-0.4, -0.2) is 45.9 Å². The van der Waals surface area contributed by atoms with E-state index in [9.17, 15) is 13.2 Å². The number of benzene rings is 2. The van der Waals surface area contributed by atoms with Crippen molar-refractivity contribution in [3.05, 3.63) is 52.0 Å². The van der Waals surface area contributed by atoms with Gasteiger partial charge in [-0.25, -0.2) is 12.7 Å². The summed E-state index contributed by atoms with van der Waals surface area (Å²) in [6.07, 6.45) is 0.608. The maximum atomic E-state index is 12.7. The lowest BCUT2D eigenvalue weighted by molar-refractivity contribution is -0.120. The number of aryl methyl sites for hydroxylation is 2. The molecule has 0 saturated carbocycles. The molecular formula is C20H23ClN2O4S. The van der Waals surface area contributed by atoms with E-state index < -0.39 is 10.0 Å². The van der Waals surface area contributed by atoms with Crippen LogP contribution >= 0.6 is 11.6 Å². The summed E-state index contributed by atoms with van der Waals surface area (Å²) in [5.41, 5.74) is 3.36. The summed E-state index contributed by atoms with van der Waals surface area (Å²) >= 11 is 6.16. The van der Waals surface area contributed by atoms with Crippen LogP contribution in [0.15, 0.2) is 35.2 Å². The molecule has 1 aliphatic heterocycles. The zero-order valence-corrected chi connectivity index (χ0v) is 17.9. The zero-order valence-electron chi connectivity index (χ0n) is 16.3. The van der Waals surface area contributed by atoms with Crippen molar-refractivity contribution in [3.8, 4) is 5.75 Å². The first-order valence-electron chi connectivity index (χ1n) is 8.86. The molecule has 0 saturated heterocycles. The molecule has 0 fully saturated rings. The van der Waals surface area contributed by atoms with Gasteiger partial charge in [-0.2, -0.15) is 0 Å². The SMILES string of the molecule is Cc1cc(OCC(=O)N2CCc3cc(S(=O)(=O)N(C)C)ccc32)cc(C)c1Cl. The van der Waals surface area contributed by atoms with Gasteiger partial charge >= 0.3 is 0 Å². The summed E-state index contributed by atoms with van der Waals surface area (Å²) in [5, 5.41) is 0.690. The van der Waals surface area contributed by atoms with Gasteiger partial charge in [0, 0.05) is 31.4 Å². The average molecular weight is 423 g/mol. The first-order valence-corrected chi connectivity index (χ1v) is 10.7. The third-order valence-corrected chi connectivity index (χ3v) is 7.21. The van der Waals surface area contributed by atoms with Crippen LogP contribution in [0.25, 0.3) is 0 Å². The summed E-state index contributed by atoms with van der Waals surface area (Å²) in [6.45, 7) is 4.18. The Labute approximate surface area is 170 Å². The number of anilines is 1. The fraction of sp³-hybridized carbons (Fsp3) is 0.350. The molecule has 6 nitrogen and oxygen atoms in total. The van der Waals surface area contributed by atoms with Crippen LogP contribution in [0.4, 0.5) is 5.69 Å². The second-order valence-electron chi connectivity index (χ2n) is 7.03. The molecule has 0 unspecified atom stereocenters. The summed E-state index contributed by atoms with van der Waals surface area (Å²) in [5.74, 6) is 0.423. The Morgan fingerprint density at radius 2 is 1.82 bits per heavy atom. The minimum Gasteiger partial charge on any atom is -0.484 e. The van der Waals surface area contributed by atoms with Gasteiger partial charge in [-0.3, -0.25) is 4.79 Å². The van der Waals surface area contributed by atoms with Crippen molar-refractivity contribution in [3.63, 3.8) is 0 Å². The van der Waals surface area contributed by atoms with Gasteiger partial charge in [0.25, 0.3) is 5.91 Å². The number of carbonyl (C=O) groups excluding carboxylic acids is 1. The van der Waals surface area contributed by atoms with E-state index in [1.165, 1.54) is 24.5 Å². The van der Waals surface area contributed by atoms with E-state index in [-0.39, 0.29) is 17.4 Å². The van der Waals surface area contributed by atoms with Crippen LogP contribution in [0.1, 0.15) is 16.7 Å². The highest BCUT2D eigenvalue weighted by Gasteiger charge is 2.27. The van der Waals surface area contributed by atoms with E-state index in [1.807, 2.05) is 13.8 Å². The van der Waals surface area contributed by atoms with Crippen LogP contribution in [0.2, 0.25) is 5.02 Å². The van der Waals surface area contributed by atoms with Crippen LogP contribution in [0.5, 0.6) is 5.75 Å². The second-order valence-corrected chi connectivity index (χ2v) is 9.56. The highest BCUT2D eigenvalue weighted by Crippen LogP contribution is 2.31. The number of rotatable bonds is 5. The Hall–Kier alpha value is -2.09. The molecular weight excluding hydrogens is 400 g/mol. The molecule has 2 aromatic rings. The lowest BCUT2D eigenvalue weighted by atomic mass is 10.1. The lowest BCUT2D eigenvalue weighted by Gasteiger charge is -2.19. The summed E-state index contributed by atoms with van der Waals surface area (Å²) in [6, 6.07) is 8.47. The highest BCUT2D eigenvalue weighted by atomic mass is 35.5. The Morgan fingerprint density at radius 1 is 1.18 bits per heavy atom. The first-order chi connectivity index (χ1) is 13.1. The average Bonchev–Trinajstić information content (AvgIpc) is 3.07. The van der Waals surface area contributed by atoms with Gasteiger partial charge < -0.3 is 9.64 Å². The minimum absolute atomic E-state index is 0.0995. The van der Waals surface area contributed by atoms with Gasteiger partial charge in [-0.1, -0.05) is 11.6 Å². The van der Waals surface area contributed by atoms with Crippen molar-refractivity contribution in [2.75, 3.05) is 32.1 Å². The number of ether oxygens (including phenoxy) is 1. The fourth-order valence-corrected chi connectivity index (χ4v) is 4.28. The molecule has 1 aliphatic rings. The van der Waals surface area contributed by atoms with Crippen molar-refractivity contribution < 1.29 is 17.9 Å². The molecule has 0 aliphatic carbocycles. The fourth-order valence-electron chi connectivity index (χ4n) is 3.22. The number of hydrogen-bond acceptors (Lipinski definition) is 4. The topological polar surface area (TPSA) is 66.9 Å². The van der Waals surface area contributed by atoms with E-state index in [0.29, 0.717) is 23.7 Å². The van der Waals surface area contributed by atoms with Crippen LogP contribution in [0.3, 0.4) is 0 Å². The molecule has 1 heterocycles. The van der Waals surface area contributed by atoms with Crippen molar-refractivity contribution in [2.45, 2.75) is 25.2 Å². The molecule has 2 aromatic carbocycles. The van der Waals surface area contributed by atoms with Crippen molar-refractivity contribution in [1.29, 1.82) is 0 Å². The Balaban J connectivity index is 1.74. The molecule has 3 rings (SSSR count). The van der Waals surface area contributed by atoms with Gasteiger partial charge in [-0.05, 0) is 67.3 Å². The largest absolute Gasteiger partial charge is 0.484 e. The Morgan fingerprint density at radius 3 is 2.43 bits per heavy atom. The van der Waals surface area contributed by atoms with Gasteiger partial charge in [0.15, 0.2) is 6.61 Å². The van der Waals surface area contributed by atoms with Gasteiger partial charge in [0.1, 0.15) is 5.75 Å². The van der Waals surface area contributed by atoms with Gasteiger partial charge in [0.05, 0.1) is 4.90 Å². The maximum Gasteiger partial charge on any atom is 0.264 e. The number of hydrogen-bond donors (Lipinski definition) is 0. The molecule has 150 valence electrons. The summed E-state index contributed by atoms with van der Waals surface area (Å²) < 4.78 is 31.4. The van der Waals surface area contributed by atoms with E-state index in [2.05, 4.69) is 0 Å². The zero-order chi connectivity index (χ0) is 20.6. The normalized spacial score (nSPS) is 13.7. The van der Waals surface area contributed by atoms with Crippen LogP contribution in [0, 0.1) is 13.8 Å². The third-order valence-electron chi connectivity index (χ3n) is 4.80. The van der Waals surface area contributed by atoms with E-state index in [4.69, 9.17) is 16.3 Å². The molecule has 28 heavy (non-hydrogen) atoms. The van der Waals surface area contributed by atoms with Crippen LogP contribution in [-0.2, 0) is 21.2 Å². The molecule has 0 N–H and O–H groups in total. The highest BCUT2D eigenvalue weighted by molar-refractivity contribution is 7.89. The maximum absolute atomic E-state index is 12.7. The van der Waals surface area contributed by atoms with Crippen LogP contribution < -0.4 is 9.64 Å². The van der Waals surface area contributed by atoms with Gasteiger partial charge in [-0.15, -0.1) is 0 Å². The lowest BCUT2D eigenvalue weighted by Crippen LogP contribution is -2.33. The second kappa shape index (κ2) is 7.73. The molecule has 1 amide bonds.